The van der Waals surface area contributed by atoms with Crippen molar-refractivity contribution >= 4 is 54.8 Å². The number of fused-ring (bicyclic) bond motifs is 2. The number of aryl methyl sites for hydroxylation is 2. The maximum absolute atomic E-state index is 13.3. The Kier molecular flexibility index (Phi) is 6.73. The number of thiazole rings is 2. The van der Waals surface area contributed by atoms with Crippen molar-refractivity contribution in [2.45, 2.75) is 39.3 Å². The van der Waals surface area contributed by atoms with Gasteiger partial charge in [0.2, 0.25) is 0 Å². The van der Waals surface area contributed by atoms with Crippen LogP contribution in [-0.2, 0) is 25.9 Å². The van der Waals surface area contributed by atoms with Gasteiger partial charge < -0.3 is 4.90 Å². The number of para-hydroxylation sites is 1. The van der Waals surface area contributed by atoms with E-state index in [1.807, 2.05) is 53.3 Å². The van der Waals surface area contributed by atoms with Gasteiger partial charge in [0.1, 0.15) is 5.69 Å². The van der Waals surface area contributed by atoms with Crippen molar-refractivity contribution in [3.8, 4) is 0 Å². The van der Waals surface area contributed by atoms with Crippen LogP contribution in [-0.4, -0.2) is 38.0 Å². The SMILES string of the molecule is CC(=O)c1nc(N2CCc3cccc(C(=O)Nc4nc5ccccc5s4)c3C2)sc1CCCn1cccn1. The summed E-state index contributed by atoms with van der Waals surface area (Å²) in [7, 11) is 0. The fourth-order valence-electron chi connectivity index (χ4n) is 4.80. The first kappa shape index (κ1) is 24.4. The zero-order valence-electron chi connectivity index (χ0n) is 20.9. The first-order chi connectivity index (χ1) is 18.5. The molecule has 1 aliphatic heterocycles. The second kappa shape index (κ2) is 10.5. The molecule has 3 aromatic heterocycles. The van der Waals surface area contributed by atoms with Crippen molar-refractivity contribution in [2.24, 2.45) is 0 Å². The van der Waals surface area contributed by atoms with Crippen LogP contribution in [0.2, 0.25) is 0 Å². The lowest BCUT2D eigenvalue weighted by Crippen LogP contribution is -2.32. The molecule has 4 heterocycles. The fourth-order valence-corrected chi connectivity index (χ4v) is 6.84. The molecule has 0 bridgehead atoms. The number of benzene rings is 2. The number of ketones is 1. The number of Topliss-reactive ketones (excluding diaryl/α,β-unsaturated/α-hetero) is 1. The van der Waals surface area contributed by atoms with Gasteiger partial charge in [-0.15, -0.1) is 11.3 Å². The predicted octanol–water partition coefficient (Wildman–Crippen LogP) is 5.60. The van der Waals surface area contributed by atoms with Crippen LogP contribution in [0.1, 0.15) is 50.2 Å². The van der Waals surface area contributed by atoms with Crippen molar-refractivity contribution in [1.29, 1.82) is 0 Å². The minimum atomic E-state index is -0.161. The Morgan fingerprint density at radius 3 is 2.76 bits per heavy atom. The summed E-state index contributed by atoms with van der Waals surface area (Å²) in [4.78, 5) is 38.2. The molecule has 5 aromatic rings. The molecule has 0 atom stereocenters. The minimum Gasteiger partial charge on any atom is -0.343 e. The average Bonchev–Trinajstić information content (AvgIpc) is 3.68. The van der Waals surface area contributed by atoms with Gasteiger partial charge in [-0.3, -0.25) is 19.6 Å². The molecule has 2 aromatic carbocycles. The number of hydrogen-bond donors (Lipinski definition) is 1. The summed E-state index contributed by atoms with van der Waals surface area (Å²) < 4.78 is 2.94. The third-order valence-electron chi connectivity index (χ3n) is 6.67. The highest BCUT2D eigenvalue weighted by Crippen LogP contribution is 2.33. The zero-order valence-corrected chi connectivity index (χ0v) is 22.5. The molecule has 1 aliphatic rings. The molecule has 192 valence electrons. The predicted molar refractivity (Wildman–Crippen MR) is 151 cm³/mol. The van der Waals surface area contributed by atoms with Crippen molar-refractivity contribution in [3.63, 3.8) is 0 Å². The van der Waals surface area contributed by atoms with E-state index in [0.29, 0.717) is 22.9 Å². The van der Waals surface area contributed by atoms with E-state index in [-0.39, 0.29) is 11.7 Å². The van der Waals surface area contributed by atoms with Crippen molar-refractivity contribution in [3.05, 3.63) is 88.2 Å². The van der Waals surface area contributed by atoms with Crippen LogP contribution < -0.4 is 10.2 Å². The minimum absolute atomic E-state index is 0.0186. The van der Waals surface area contributed by atoms with Crippen molar-refractivity contribution in [1.82, 2.24) is 19.7 Å². The molecule has 0 saturated heterocycles. The number of carbonyl (C=O) groups excluding carboxylic acids is 2. The Morgan fingerprint density at radius 2 is 1.95 bits per heavy atom. The zero-order chi connectivity index (χ0) is 26.1. The lowest BCUT2D eigenvalue weighted by Gasteiger charge is -2.29. The molecule has 0 saturated carbocycles. The molecule has 0 unspecified atom stereocenters. The van der Waals surface area contributed by atoms with Crippen molar-refractivity contribution < 1.29 is 9.59 Å². The van der Waals surface area contributed by atoms with Crippen LogP contribution in [0.5, 0.6) is 0 Å². The molecule has 1 N–H and O–H groups in total. The summed E-state index contributed by atoms with van der Waals surface area (Å²) >= 11 is 3.05. The Hall–Kier alpha value is -3.89. The van der Waals surface area contributed by atoms with Gasteiger partial charge in [-0.25, -0.2) is 9.97 Å². The Balaban J connectivity index is 1.21. The maximum Gasteiger partial charge on any atom is 0.257 e. The van der Waals surface area contributed by atoms with E-state index in [2.05, 4.69) is 26.4 Å². The summed E-state index contributed by atoms with van der Waals surface area (Å²) in [6, 6.07) is 15.7. The second-order valence-corrected chi connectivity index (χ2v) is 11.3. The van der Waals surface area contributed by atoms with Gasteiger partial charge in [-0.2, -0.15) is 5.10 Å². The van der Waals surface area contributed by atoms with Crippen LogP contribution in [0.15, 0.2) is 60.9 Å². The first-order valence-electron chi connectivity index (χ1n) is 12.6. The van der Waals surface area contributed by atoms with Gasteiger partial charge in [0.05, 0.1) is 10.2 Å². The lowest BCUT2D eigenvalue weighted by atomic mass is 9.94. The monoisotopic (exact) mass is 542 g/mol. The number of rotatable bonds is 8. The number of nitrogens with zero attached hydrogens (tertiary/aromatic N) is 5. The van der Waals surface area contributed by atoms with E-state index in [9.17, 15) is 9.59 Å². The number of nitrogens with one attached hydrogen (secondary N) is 1. The van der Waals surface area contributed by atoms with E-state index < -0.39 is 0 Å². The number of anilines is 2. The number of hydrogen-bond acceptors (Lipinski definition) is 8. The summed E-state index contributed by atoms with van der Waals surface area (Å²) in [5.74, 6) is -0.180. The summed E-state index contributed by atoms with van der Waals surface area (Å²) in [6.07, 6.45) is 6.17. The molecular formula is C28H26N6O2S2. The second-order valence-electron chi connectivity index (χ2n) is 9.25. The number of aromatic nitrogens is 4. The van der Waals surface area contributed by atoms with Crippen molar-refractivity contribution in [2.75, 3.05) is 16.8 Å². The summed E-state index contributed by atoms with van der Waals surface area (Å²) in [5.41, 5.74) is 4.24. The lowest BCUT2D eigenvalue weighted by molar-refractivity contribution is 0.100. The van der Waals surface area contributed by atoms with Crippen LogP contribution in [0, 0.1) is 0 Å². The largest absolute Gasteiger partial charge is 0.343 e. The normalized spacial score (nSPS) is 13.0. The van der Waals surface area contributed by atoms with Gasteiger partial charge in [0.25, 0.3) is 5.91 Å². The molecule has 6 rings (SSSR count). The highest BCUT2D eigenvalue weighted by Gasteiger charge is 2.26. The fraction of sp³-hybridized carbons (Fsp3) is 0.250. The molecule has 38 heavy (non-hydrogen) atoms. The highest BCUT2D eigenvalue weighted by atomic mass is 32.1. The summed E-state index contributed by atoms with van der Waals surface area (Å²) in [6.45, 7) is 3.72. The molecule has 8 nitrogen and oxygen atoms in total. The molecule has 1 amide bonds. The van der Waals surface area contributed by atoms with E-state index in [1.165, 1.54) is 16.9 Å². The van der Waals surface area contributed by atoms with E-state index in [0.717, 1.165) is 58.1 Å². The Labute approximate surface area is 228 Å². The Bertz CT molecular complexity index is 1590. The third kappa shape index (κ3) is 4.97. The van der Waals surface area contributed by atoms with Crippen LogP contribution in [0.3, 0.4) is 0 Å². The first-order valence-corrected chi connectivity index (χ1v) is 14.2. The topological polar surface area (TPSA) is 93.0 Å². The van der Waals surface area contributed by atoms with Crippen LogP contribution in [0.4, 0.5) is 10.3 Å². The average molecular weight is 543 g/mol. The molecule has 0 aliphatic carbocycles. The number of amides is 1. The quantitative estimate of drug-likeness (QED) is 0.257. The third-order valence-corrected chi connectivity index (χ3v) is 8.80. The van der Waals surface area contributed by atoms with Crippen LogP contribution in [0.25, 0.3) is 10.2 Å². The molecule has 10 heteroatoms. The Morgan fingerprint density at radius 1 is 1.05 bits per heavy atom. The van der Waals surface area contributed by atoms with Crippen LogP contribution >= 0.6 is 22.7 Å². The van der Waals surface area contributed by atoms with E-state index in [4.69, 9.17) is 4.98 Å². The highest BCUT2D eigenvalue weighted by molar-refractivity contribution is 7.22. The van der Waals surface area contributed by atoms with E-state index in [1.54, 1.807) is 24.5 Å². The number of carbonyl (C=O) groups is 2. The summed E-state index contributed by atoms with van der Waals surface area (Å²) in [5, 5.41) is 8.68. The molecular weight excluding hydrogens is 516 g/mol. The van der Waals surface area contributed by atoms with Gasteiger partial charge in [0.15, 0.2) is 16.0 Å². The van der Waals surface area contributed by atoms with Gasteiger partial charge >= 0.3 is 0 Å². The van der Waals surface area contributed by atoms with Gasteiger partial charge in [-0.1, -0.05) is 35.6 Å². The van der Waals surface area contributed by atoms with Gasteiger partial charge in [-0.05, 0) is 54.7 Å². The maximum atomic E-state index is 13.3. The van der Waals surface area contributed by atoms with E-state index >= 15 is 0 Å². The molecule has 0 radical (unpaired) electrons. The standard InChI is InChI=1S/C28H26N6O2S2/c1-18(35)25-24(11-5-14-34-15-6-13-29-34)38-28(31-25)33-16-12-19-7-4-8-20(21(19)17-33)26(36)32-27-30-22-9-2-3-10-23(22)37-27/h2-4,6-10,13,15H,5,11-12,14,16-17H2,1H3,(H,30,32,36). The molecule has 0 spiro atoms. The smallest absolute Gasteiger partial charge is 0.257 e. The van der Waals surface area contributed by atoms with Gasteiger partial charge in [0, 0.05) is 49.4 Å². The molecule has 0 fully saturated rings.